The molecule has 0 heterocycles. The lowest BCUT2D eigenvalue weighted by Crippen LogP contribution is -2.26. The highest BCUT2D eigenvalue weighted by atomic mass is 16.5. The average molecular weight is 290 g/mol. The van der Waals surface area contributed by atoms with Gasteiger partial charge in [-0.15, -0.1) is 0 Å². The fraction of sp³-hybridized carbons (Fsp3) is 0.500. The molecule has 3 heteroatoms. The largest absolute Gasteiger partial charge is 0.508 e. The van der Waals surface area contributed by atoms with Crippen LogP contribution >= 0.6 is 0 Å². The van der Waals surface area contributed by atoms with E-state index in [0.29, 0.717) is 5.57 Å². The van der Waals surface area contributed by atoms with Crippen LogP contribution in [0.3, 0.4) is 0 Å². The van der Waals surface area contributed by atoms with Crippen LogP contribution in [0.15, 0.2) is 29.8 Å². The van der Waals surface area contributed by atoms with Crippen molar-refractivity contribution in [1.29, 1.82) is 0 Å². The van der Waals surface area contributed by atoms with Crippen molar-refractivity contribution in [2.24, 2.45) is 10.8 Å². The quantitative estimate of drug-likeness (QED) is 0.648. The van der Waals surface area contributed by atoms with Crippen molar-refractivity contribution in [2.75, 3.05) is 7.11 Å². The molecule has 0 fully saturated rings. The van der Waals surface area contributed by atoms with Crippen molar-refractivity contribution in [3.8, 4) is 5.75 Å². The van der Waals surface area contributed by atoms with E-state index in [9.17, 15) is 9.90 Å². The van der Waals surface area contributed by atoms with Gasteiger partial charge in [0, 0.05) is 0 Å². The Labute approximate surface area is 127 Å². The number of carbonyl (C=O) groups is 1. The van der Waals surface area contributed by atoms with E-state index in [2.05, 4.69) is 41.5 Å². The van der Waals surface area contributed by atoms with Gasteiger partial charge in [-0.2, -0.15) is 0 Å². The molecule has 1 rings (SSSR count). The number of allylic oxidation sites excluding steroid dienone is 1. The number of phenolic OH excluding ortho intramolecular Hbond substituents is 1. The molecule has 1 N–H and O–H groups in total. The summed E-state index contributed by atoms with van der Waals surface area (Å²) in [4.78, 5) is 12.4. The molecule has 0 radical (unpaired) electrons. The highest BCUT2D eigenvalue weighted by molar-refractivity contribution is 6.17. The van der Waals surface area contributed by atoms with E-state index in [4.69, 9.17) is 4.74 Å². The molecule has 0 aliphatic rings. The Morgan fingerprint density at radius 2 is 1.38 bits per heavy atom. The van der Waals surface area contributed by atoms with Crippen LogP contribution in [0.1, 0.15) is 47.1 Å². The van der Waals surface area contributed by atoms with Crippen molar-refractivity contribution < 1.29 is 14.6 Å². The number of phenols is 1. The van der Waals surface area contributed by atoms with Gasteiger partial charge in [0.2, 0.25) is 0 Å². The molecule has 0 saturated carbocycles. The number of hydrogen-bond acceptors (Lipinski definition) is 3. The Morgan fingerprint density at radius 1 is 0.952 bits per heavy atom. The average Bonchev–Trinajstić information content (AvgIpc) is 2.33. The minimum Gasteiger partial charge on any atom is -0.508 e. The zero-order chi connectivity index (χ0) is 16.4. The Hall–Kier alpha value is -1.77. The molecule has 116 valence electrons. The van der Waals surface area contributed by atoms with Crippen molar-refractivity contribution in [2.45, 2.75) is 41.5 Å². The van der Waals surface area contributed by atoms with Crippen LogP contribution in [0, 0.1) is 10.8 Å². The Bertz CT molecular complexity index is 521. The molecule has 3 nitrogen and oxygen atoms in total. The van der Waals surface area contributed by atoms with Crippen LogP contribution in [0.5, 0.6) is 5.75 Å². The van der Waals surface area contributed by atoms with Crippen LogP contribution in [0.4, 0.5) is 0 Å². The van der Waals surface area contributed by atoms with Gasteiger partial charge in [0.1, 0.15) is 5.75 Å². The minimum atomic E-state index is -0.347. The fourth-order valence-corrected chi connectivity index (χ4v) is 2.97. The maximum Gasteiger partial charge on any atom is 0.338 e. The zero-order valence-electron chi connectivity index (χ0n) is 14.1. The second kappa shape index (κ2) is 5.92. The van der Waals surface area contributed by atoms with Gasteiger partial charge in [0.05, 0.1) is 12.7 Å². The first kappa shape index (κ1) is 17.3. The molecule has 0 bridgehead atoms. The van der Waals surface area contributed by atoms with Gasteiger partial charge < -0.3 is 9.84 Å². The van der Waals surface area contributed by atoms with E-state index in [0.717, 1.165) is 11.1 Å². The normalized spacial score (nSPS) is 12.0. The van der Waals surface area contributed by atoms with Gasteiger partial charge in [-0.1, -0.05) is 53.7 Å². The van der Waals surface area contributed by atoms with Crippen molar-refractivity contribution in [1.82, 2.24) is 0 Å². The van der Waals surface area contributed by atoms with E-state index < -0.39 is 0 Å². The molecule has 21 heavy (non-hydrogen) atoms. The Balaban J connectivity index is 3.71. The number of methoxy groups -OCH3 is 1. The summed E-state index contributed by atoms with van der Waals surface area (Å²) < 4.78 is 5.01. The van der Waals surface area contributed by atoms with Crippen LogP contribution in [0.25, 0.3) is 5.57 Å². The van der Waals surface area contributed by atoms with Gasteiger partial charge in [-0.25, -0.2) is 4.79 Å². The summed E-state index contributed by atoms with van der Waals surface area (Å²) in [5.74, 6) is -0.170. The number of hydrogen-bond donors (Lipinski definition) is 1. The maximum absolute atomic E-state index is 12.4. The molecule has 1 aromatic rings. The van der Waals surface area contributed by atoms with Crippen LogP contribution in [0.2, 0.25) is 0 Å². The molecule has 0 aliphatic heterocycles. The smallest absolute Gasteiger partial charge is 0.338 e. The highest BCUT2D eigenvalue weighted by Crippen LogP contribution is 2.44. The predicted molar refractivity (Wildman–Crippen MR) is 86.0 cm³/mol. The lowest BCUT2D eigenvalue weighted by molar-refractivity contribution is -0.133. The lowest BCUT2D eigenvalue weighted by atomic mass is 9.68. The van der Waals surface area contributed by atoms with Crippen LogP contribution in [-0.4, -0.2) is 18.2 Å². The molecular weight excluding hydrogens is 264 g/mol. The number of rotatable bonds is 2. The fourth-order valence-electron chi connectivity index (χ4n) is 2.97. The monoisotopic (exact) mass is 290 g/mol. The second-order valence-electron chi connectivity index (χ2n) is 7.29. The lowest BCUT2D eigenvalue weighted by Gasteiger charge is -2.36. The summed E-state index contributed by atoms with van der Waals surface area (Å²) in [7, 11) is 1.39. The summed E-state index contributed by atoms with van der Waals surface area (Å²) in [6.45, 7) is 12.6. The topological polar surface area (TPSA) is 46.5 Å². The van der Waals surface area contributed by atoms with E-state index in [1.165, 1.54) is 7.11 Å². The van der Waals surface area contributed by atoms with Gasteiger partial charge in [0.25, 0.3) is 0 Å². The van der Waals surface area contributed by atoms with Gasteiger partial charge in [-0.3, -0.25) is 0 Å². The standard InChI is InChI=1S/C18H26O3/c1-17(2,3)15(18(4,5)6)14(16(20)21-7)12-8-10-13(19)11-9-12/h8-11,19H,1-7H3. The first-order valence-electron chi connectivity index (χ1n) is 7.11. The molecule has 0 saturated heterocycles. The molecule has 0 aliphatic carbocycles. The number of ether oxygens (including phenoxy) is 1. The SMILES string of the molecule is COC(=O)C(=C(C(C)(C)C)C(C)(C)C)c1ccc(O)cc1. The first-order chi connectivity index (χ1) is 9.48. The molecule has 0 spiro atoms. The predicted octanol–water partition coefficient (Wildman–Crippen LogP) is 4.41. The molecule has 0 aromatic heterocycles. The van der Waals surface area contributed by atoms with Crippen molar-refractivity contribution in [3.63, 3.8) is 0 Å². The number of esters is 1. The van der Waals surface area contributed by atoms with Crippen LogP contribution < -0.4 is 0 Å². The van der Waals surface area contributed by atoms with Gasteiger partial charge in [0.15, 0.2) is 0 Å². The second-order valence-corrected chi connectivity index (χ2v) is 7.29. The zero-order valence-corrected chi connectivity index (χ0v) is 14.1. The van der Waals surface area contributed by atoms with Crippen molar-refractivity contribution in [3.05, 3.63) is 35.4 Å². The summed E-state index contributed by atoms with van der Waals surface area (Å²) in [5, 5.41) is 9.46. The number of benzene rings is 1. The van der Waals surface area contributed by atoms with E-state index in [1.807, 2.05) is 0 Å². The Kier molecular flexibility index (Phi) is 4.87. The highest BCUT2D eigenvalue weighted by Gasteiger charge is 2.34. The van der Waals surface area contributed by atoms with Crippen LogP contribution in [-0.2, 0) is 9.53 Å². The third kappa shape index (κ3) is 4.10. The molecule has 0 unspecified atom stereocenters. The molecule has 0 amide bonds. The third-order valence-electron chi connectivity index (χ3n) is 3.30. The summed E-state index contributed by atoms with van der Waals surface area (Å²) in [6.07, 6.45) is 0. The van der Waals surface area contributed by atoms with E-state index in [-0.39, 0.29) is 22.5 Å². The minimum absolute atomic E-state index is 0.177. The Morgan fingerprint density at radius 3 is 1.71 bits per heavy atom. The number of aromatic hydroxyl groups is 1. The number of carbonyl (C=O) groups excluding carboxylic acids is 1. The third-order valence-corrected chi connectivity index (χ3v) is 3.30. The van der Waals surface area contributed by atoms with Gasteiger partial charge in [-0.05, 0) is 34.1 Å². The van der Waals surface area contributed by atoms with Gasteiger partial charge >= 0.3 is 5.97 Å². The molecule has 1 aromatic carbocycles. The molecular formula is C18H26O3. The summed E-state index contributed by atoms with van der Waals surface area (Å²) >= 11 is 0. The van der Waals surface area contributed by atoms with E-state index >= 15 is 0 Å². The first-order valence-corrected chi connectivity index (χ1v) is 7.11. The maximum atomic E-state index is 12.4. The summed E-state index contributed by atoms with van der Waals surface area (Å²) in [5.41, 5.74) is 2.02. The molecule has 0 atom stereocenters. The van der Waals surface area contributed by atoms with E-state index in [1.54, 1.807) is 24.3 Å². The van der Waals surface area contributed by atoms with Crippen molar-refractivity contribution >= 4 is 11.5 Å². The summed E-state index contributed by atoms with van der Waals surface area (Å²) in [6, 6.07) is 6.67.